The van der Waals surface area contributed by atoms with E-state index in [0.717, 1.165) is 6.07 Å². The van der Waals surface area contributed by atoms with Crippen LogP contribution in [0.15, 0.2) is 84.9 Å². The lowest BCUT2D eigenvalue weighted by Crippen LogP contribution is -2.07. The molecule has 30 heavy (non-hydrogen) atoms. The molecule has 0 saturated heterocycles. The molecule has 0 aliphatic rings. The summed E-state index contributed by atoms with van der Waals surface area (Å²) in [6, 6.07) is 21.2. The van der Waals surface area contributed by atoms with E-state index < -0.39 is 11.7 Å². The molecule has 0 saturated carbocycles. The van der Waals surface area contributed by atoms with Gasteiger partial charge in [-0.25, -0.2) is 4.98 Å². The van der Waals surface area contributed by atoms with Gasteiger partial charge in [-0.2, -0.15) is 13.2 Å². The molecule has 2 N–H and O–H groups in total. The van der Waals surface area contributed by atoms with E-state index >= 15 is 0 Å². The number of aromatic hydroxyl groups is 2. The van der Waals surface area contributed by atoms with Crippen molar-refractivity contribution in [1.29, 1.82) is 0 Å². The Morgan fingerprint density at radius 2 is 1.07 bits per heavy atom. The minimum Gasteiger partial charge on any atom is -0.508 e. The predicted molar refractivity (Wildman–Crippen MR) is 109 cm³/mol. The van der Waals surface area contributed by atoms with E-state index in [1.807, 2.05) is 0 Å². The number of pyridine rings is 1. The summed E-state index contributed by atoms with van der Waals surface area (Å²) >= 11 is 0. The van der Waals surface area contributed by atoms with Crippen molar-refractivity contribution in [3.05, 3.63) is 90.5 Å². The molecular formula is C24H16F3NO2. The Labute approximate surface area is 170 Å². The van der Waals surface area contributed by atoms with Gasteiger partial charge in [-0.3, -0.25) is 0 Å². The number of benzene rings is 3. The third-order valence-electron chi connectivity index (χ3n) is 4.69. The maximum absolute atomic E-state index is 13.6. The van der Waals surface area contributed by atoms with Gasteiger partial charge in [-0.1, -0.05) is 18.2 Å². The number of halogens is 3. The summed E-state index contributed by atoms with van der Waals surface area (Å²) in [5.41, 5.74) is 1.92. The van der Waals surface area contributed by atoms with Crippen LogP contribution in [0.4, 0.5) is 13.2 Å². The van der Waals surface area contributed by atoms with Gasteiger partial charge >= 0.3 is 6.18 Å². The summed E-state index contributed by atoms with van der Waals surface area (Å²) in [5.74, 6) is 0.159. The van der Waals surface area contributed by atoms with Crippen molar-refractivity contribution in [2.75, 3.05) is 0 Å². The first kappa shape index (κ1) is 19.5. The van der Waals surface area contributed by atoms with Crippen LogP contribution in [0.3, 0.4) is 0 Å². The van der Waals surface area contributed by atoms with Crippen LogP contribution in [0.2, 0.25) is 0 Å². The predicted octanol–water partition coefficient (Wildman–Crippen LogP) is 6.51. The fourth-order valence-corrected chi connectivity index (χ4v) is 3.23. The van der Waals surface area contributed by atoms with E-state index in [1.165, 1.54) is 36.4 Å². The minimum absolute atomic E-state index is 0.0486. The highest BCUT2D eigenvalue weighted by Gasteiger charge is 2.33. The first-order valence-corrected chi connectivity index (χ1v) is 9.09. The van der Waals surface area contributed by atoms with E-state index in [0.29, 0.717) is 28.1 Å². The van der Waals surface area contributed by atoms with E-state index in [2.05, 4.69) is 4.98 Å². The number of aromatic nitrogens is 1. The Morgan fingerprint density at radius 3 is 1.53 bits per heavy atom. The van der Waals surface area contributed by atoms with Gasteiger partial charge in [0.25, 0.3) is 0 Å². The zero-order valence-electron chi connectivity index (χ0n) is 15.6. The Bertz CT molecular complexity index is 1120. The molecular weight excluding hydrogens is 391 g/mol. The van der Waals surface area contributed by atoms with Gasteiger partial charge in [0.1, 0.15) is 11.5 Å². The molecule has 0 amide bonds. The summed E-state index contributed by atoms with van der Waals surface area (Å²) in [4.78, 5) is 4.61. The van der Waals surface area contributed by atoms with E-state index in [9.17, 15) is 23.4 Å². The van der Waals surface area contributed by atoms with Gasteiger partial charge < -0.3 is 10.2 Å². The first-order valence-electron chi connectivity index (χ1n) is 9.09. The quantitative estimate of drug-likeness (QED) is 0.407. The molecule has 4 rings (SSSR count). The molecule has 0 spiro atoms. The number of nitrogens with zero attached hydrogens (tertiary/aromatic N) is 1. The van der Waals surface area contributed by atoms with Crippen LogP contribution in [-0.2, 0) is 6.18 Å². The Morgan fingerprint density at radius 1 is 0.600 bits per heavy atom. The molecule has 0 aliphatic heterocycles. The number of hydrogen-bond acceptors (Lipinski definition) is 3. The van der Waals surface area contributed by atoms with Crippen LogP contribution in [-0.4, -0.2) is 15.2 Å². The van der Waals surface area contributed by atoms with Crippen molar-refractivity contribution in [2.24, 2.45) is 0 Å². The average molecular weight is 407 g/mol. The molecule has 0 unspecified atom stereocenters. The molecule has 4 aromatic rings. The number of hydrogen-bond donors (Lipinski definition) is 2. The molecule has 0 atom stereocenters. The first-order chi connectivity index (χ1) is 14.3. The van der Waals surface area contributed by atoms with Crippen LogP contribution < -0.4 is 0 Å². The van der Waals surface area contributed by atoms with Gasteiger partial charge in [-0.05, 0) is 77.9 Å². The highest BCUT2D eigenvalue weighted by Crippen LogP contribution is 2.39. The highest BCUT2D eigenvalue weighted by molar-refractivity contribution is 5.78. The maximum Gasteiger partial charge on any atom is 0.417 e. The van der Waals surface area contributed by atoms with Gasteiger partial charge in [0.15, 0.2) is 0 Å². The second-order valence-electron chi connectivity index (χ2n) is 6.76. The number of alkyl halides is 3. The Kier molecular flexibility index (Phi) is 4.91. The third-order valence-corrected chi connectivity index (χ3v) is 4.69. The highest BCUT2D eigenvalue weighted by atomic mass is 19.4. The van der Waals surface area contributed by atoms with Crippen LogP contribution in [0.25, 0.3) is 33.6 Å². The molecule has 0 radical (unpaired) electrons. The molecule has 3 aromatic carbocycles. The number of rotatable bonds is 3. The van der Waals surface area contributed by atoms with Crippen molar-refractivity contribution in [3.8, 4) is 45.1 Å². The fraction of sp³-hybridized carbons (Fsp3) is 0.0417. The van der Waals surface area contributed by atoms with Gasteiger partial charge in [-0.15, -0.1) is 0 Å². The second kappa shape index (κ2) is 7.55. The average Bonchev–Trinajstić information content (AvgIpc) is 2.74. The smallest absolute Gasteiger partial charge is 0.417 e. The third kappa shape index (κ3) is 3.98. The molecule has 0 bridgehead atoms. The van der Waals surface area contributed by atoms with Crippen LogP contribution >= 0.6 is 0 Å². The lowest BCUT2D eigenvalue weighted by atomic mass is 9.96. The lowest BCUT2D eigenvalue weighted by Gasteiger charge is -2.15. The summed E-state index contributed by atoms with van der Waals surface area (Å²) in [6.45, 7) is 0. The van der Waals surface area contributed by atoms with Crippen molar-refractivity contribution < 1.29 is 23.4 Å². The summed E-state index contributed by atoms with van der Waals surface area (Å²) in [5, 5.41) is 19.1. The summed E-state index contributed by atoms with van der Waals surface area (Å²) < 4.78 is 40.8. The van der Waals surface area contributed by atoms with E-state index in [4.69, 9.17) is 0 Å². The lowest BCUT2D eigenvalue weighted by molar-refractivity contribution is -0.137. The summed E-state index contributed by atoms with van der Waals surface area (Å²) in [6.07, 6.45) is -4.50. The van der Waals surface area contributed by atoms with E-state index in [1.54, 1.807) is 42.5 Å². The molecule has 3 nitrogen and oxygen atoms in total. The maximum atomic E-state index is 13.6. The normalized spacial score (nSPS) is 11.4. The van der Waals surface area contributed by atoms with Crippen LogP contribution in [0.1, 0.15) is 5.56 Å². The van der Waals surface area contributed by atoms with Crippen LogP contribution in [0, 0.1) is 0 Å². The number of phenols is 2. The van der Waals surface area contributed by atoms with Crippen molar-refractivity contribution in [3.63, 3.8) is 0 Å². The van der Waals surface area contributed by atoms with Gasteiger partial charge in [0.05, 0.1) is 17.0 Å². The summed E-state index contributed by atoms with van der Waals surface area (Å²) in [7, 11) is 0. The van der Waals surface area contributed by atoms with Gasteiger partial charge in [0.2, 0.25) is 0 Å². The zero-order chi connectivity index (χ0) is 21.3. The standard InChI is InChI=1S/C24H16F3NO2/c25-24(26,27)21-4-2-1-3-20(21)17-13-22(15-5-9-18(29)10-6-15)28-23(14-17)16-7-11-19(30)12-8-16/h1-14,29-30H. The SMILES string of the molecule is Oc1ccc(-c2cc(-c3ccccc3C(F)(F)F)cc(-c3ccc(O)cc3)n2)cc1. The Hall–Kier alpha value is -3.80. The molecule has 0 aliphatic carbocycles. The topological polar surface area (TPSA) is 53.4 Å². The van der Waals surface area contributed by atoms with Crippen molar-refractivity contribution in [2.45, 2.75) is 6.18 Å². The zero-order valence-corrected chi connectivity index (χ0v) is 15.6. The molecule has 1 aromatic heterocycles. The van der Waals surface area contributed by atoms with Crippen LogP contribution in [0.5, 0.6) is 11.5 Å². The number of phenolic OH excluding ortho intramolecular Hbond substituents is 2. The van der Waals surface area contributed by atoms with Gasteiger partial charge in [0, 0.05) is 11.1 Å². The van der Waals surface area contributed by atoms with Crippen molar-refractivity contribution in [1.82, 2.24) is 4.98 Å². The molecule has 1 heterocycles. The monoisotopic (exact) mass is 407 g/mol. The van der Waals surface area contributed by atoms with E-state index in [-0.39, 0.29) is 17.1 Å². The fourth-order valence-electron chi connectivity index (χ4n) is 3.23. The second-order valence-corrected chi connectivity index (χ2v) is 6.76. The Balaban J connectivity index is 1.95. The molecule has 6 heteroatoms. The minimum atomic E-state index is -4.50. The molecule has 150 valence electrons. The largest absolute Gasteiger partial charge is 0.508 e. The molecule has 0 fully saturated rings. The van der Waals surface area contributed by atoms with Crippen molar-refractivity contribution >= 4 is 0 Å².